The van der Waals surface area contributed by atoms with Crippen LogP contribution in [0.25, 0.3) is 0 Å². The predicted octanol–water partition coefficient (Wildman–Crippen LogP) is 1.03. The zero-order chi connectivity index (χ0) is 15.0. The minimum Gasteiger partial charge on any atom is -0.352 e. The van der Waals surface area contributed by atoms with Crippen molar-refractivity contribution in [3.8, 4) is 0 Å². The summed E-state index contributed by atoms with van der Waals surface area (Å²) in [4.78, 5) is 23.2. The first-order valence-electron chi connectivity index (χ1n) is 7.10. The summed E-state index contributed by atoms with van der Waals surface area (Å²) in [5.41, 5.74) is 5.69. The van der Waals surface area contributed by atoms with Gasteiger partial charge < -0.3 is 16.4 Å². The zero-order valence-electron chi connectivity index (χ0n) is 12.8. The molecule has 0 aliphatic heterocycles. The average molecular weight is 271 g/mol. The summed E-state index contributed by atoms with van der Waals surface area (Å²) in [6.07, 6.45) is 2.04. The number of carbonyl (C=O) groups is 2. The van der Waals surface area contributed by atoms with Crippen LogP contribution in [0.15, 0.2) is 0 Å². The van der Waals surface area contributed by atoms with E-state index in [-0.39, 0.29) is 30.3 Å². The molecule has 0 spiro atoms. The smallest absolute Gasteiger partial charge is 0.239 e. The Morgan fingerprint density at radius 1 is 1.16 bits per heavy atom. The van der Waals surface area contributed by atoms with Gasteiger partial charge in [0.15, 0.2) is 0 Å². The normalized spacial score (nSPS) is 15.7. The molecule has 5 heteroatoms. The highest BCUT2D eigenvalue weighted by Gasteiger charge is 2.18. The molecular formula is C14H29N3O2. The standard InChI is InChI=1S/C14H29N3O2/c1-6-10(4)7-11(5)17-12(18)8-16-14(19)13(15)9(2)3/h9-11,13H,6-8,15H2,1-5H3,(H,16,19)(H,17,18)/t10?,11?,13-/m0/s1. The third-order valence-corrected chi connectivity index (χ3v) is 3.30. The Bertz CT molecular complexity index is 292. The molecule has 0 saturated heterocycles. The van der Waals surface area contributed by atoms with Crippen LogP contribution in [0.5, 0.6) is 0 Å². The molecule has 0 radical (unpaired) electrons. The van der Waals surface area contributed by atoms with E-state index < -0.39 is 6.04 Å². The van der Waals surface area contributed by atoms with Crippen molar-refractivity contribution in [1.29, 1.82) is 0 Å². The quantitative estimate of drug-likeness (QED) is 0.616. The number of nitrogens with one attached hydrogen (secondary N) is 2. The van der Waals surface area contributed by atoms with Crippen molar-refractivity contribution in [3.63, 3.8) is 0 Å². The molecule has 0 saturated carbocycles. The lowest BCUT2D eigenvalue weighted by Gasteiger charge is -2.19. The van der Waals surface area contributed by atoms with E-state index in [1.165, 1.54) is 0 Å². The van der Waals surface area contributed by atoms with Crippen molar-refractivity contribution < 1.29 is 9.59 Å². The van der Waals surface area contributed by atoms with Crippen LogP contribution in [0, 0.1) is 11.8 Å². The molecule has 2 amide bonds. The SMILES string of the molecule is CCC(C)CC(C)NC(=O)CNC(=O)[C@@H](N)C(C)C. The van der Waals surface area contributed by atoms with Crippen molar-refractivity contribution in [3.05, 3.63) is 0 Å². The maximum atomic E-state index is 11.7. The number of carbonyl (C=O) groups excluding carboxylic acids is 2. The van der Waals surface area contributed by atoms with E-state index in [2.05, 4.69) is 24.5 Å². The van der Waals surface area contributed by atoms with Gasteiger partial charge in [-0.15, -0.1) is 0 Å². The summed E-state index contributed by atoms with van der Waals surface area (Å²) in [6.45, 7) is 10.0. The Labute approximate surface area is 116 Å². The minimum atomic E-state index is -0.565. The van der Waals surface area contributed by atoms with Crippen molar-refractivity contribution in [1.82, 2.24) is 10.6 Å². The number of hydrogen-bond donors (Lipinski definition) is 3. The first-order chi connectivity index (χ1) is 8.77. The molecule has 0 fully saturated rings. The predicted molar refractivity (Wildman–Crippen MR) is 77.5 cm³/mol. The Morgan fingerprint density at radius 3 is 2.21 bits per heavy atom. The fourth-order valence-corrected chi connectivity index (χ4v) is 1.74. The Kier molecular flexibility index (Phi) is 8.39. The Hall–Kier alpha value is -1.10. The zero-order valence-corrected chi connectivity index (χ0v) is 12.8. The van der Waals surface area contributed by atoms with E-state index in [4.69, 9.17) is 5.73 Å². The van der Waals surface area contributed by atoms with Gasteiger partial charge in [0.1, 0.15) is 0 Å². The summed E-state index contributed by atoms with van der Waals surface area (Å²) >= 11 is 0. The summed E-state index contributed by atoms with van der Waals surface area (Å²) in [5, 5.41) is 5.43. The van der Waals surface area contributed by atoms with Gasteiger partial charge in [-0.1, -0.05) is 34.1 Å². The fourth-order valence-electron chi connectivity index (χ4n) is 1.74. The van der Waals surface area contributed by atoms with Crippen LogP contribution in [0.3, 0.4) is 0 Å². The van der Waals surface area contributed by atoms with Crippen LogP contribution in [-0.2, 0) is 9.59 Å². The number of hydrogen-bond acceptors (Lipinski definition) is 3. The van der Waals surface area contributed by atoms with E-state index in [9.17, 15) is 9.59 Å². The molecule has 0 rings (SSSR count). The fraction of sp³-hybridized carbons (Fsp3) is 0.857. The number of amides is 2. The largest absolute Gasteiger partial charge is 0.352 e. The molecule has 0 aromatic carbocycles. The van der Waals surface area contributed by atoms with Gasteiger partial charge in [-0.3, -0.25) is 9.59 Å². The van der Waals surface area contributed by atoms with Crippen LogP contribution < -0.4 is 16.4 Å². The lowest BCUT2D eigenvalue weighted by molar-refractivity contribution is -0.127. The summed E-state index contributed by atoms with van der Waals surface area (Å²) < 4.78 is 0. The summed E-state index contributed by atoms with van der Waals surface area (Å²) in [6, 6.07) is -0.441. The van der Waals surface area contributed by atoms with E-state index in [1.54, 1.807) is 0 Å². The van der Waals surface area contributed by atoms with Crippen LogP contribution in [-0.4, -0.2) is 30.4 Å². The van der Waals surface area contributed by atoms with Crippen molar-refractivity contribution >= 4 is 11.8 Å². The lowest BCUT2D eigenvalue weighted by atomic mass is 10.0. The number of rotatable bonds is 8. The molecule has 4 N–H and O–H groups in total. The highest BCUT2D eigenvalue weighted by atomic mass is 16.2. The van der Waals surface area contributed by atoms with Crippen molar-refractivity contribution in [2.24, 2.45) is 17.6 Å². The van der Waals surface area contributed by atoms with Gasteiger partial charge in [-0.05, 0) is 25.2 Å². The molecule has 0 bridgehead atoms. The van der Waals surface area contributed by atoms with Crippen LogP contribution in [0.2, 0.25) is 0 Å². The maximum absolute atomic E-state index is 11.7. The Morgan fingerprint density at radius 2 is 1.74 bits per heavy atom. The third kappa shape index (κ3) is 7.82. The van der Waals surface area contributed by atoms with E-state index >= 15 is 0 Å². The highest BCUT2D eigenvalue weighted by molar-refractivity contribution is 5.87. The monoisotopic (exact) mass is 271 g/mol. The molecule has 0 aromatic rings. The van der Waals surface area contributed by atoms with Gasteiger partial charge in [0.2, 0.25) is 11.8 Å². The van der Waals surface area contributed by atoms with Crippen molar-refractivity contribution in [2.45, 2.75) is 59.5 Å². The molecule has 112 valence electrons. The molecule has 0 aliphatic rings. The summed E-state index contributed by atoms with van der Waals surface area (Å²) in [7, 11) is 0. The van der Waals surface area contributed by atoms with E-state index in [0.29, 0.717) is 5.92 Å². The second kappa shape index (κ2) is 8.91. The molecule has 5 nitrogen and oxygen atoms in total. The third-order valence-electron chi connectivity index (χ3n) is 3.30. The second-order valence-corrected chi connectivity index (χ2v) is 5.71. The molecule has 2 unspecified atom stereocenters. The van der Waals surface area contributed by atoms with Gasteiger partial charge in [-0.2, -0.15) is 0 Å². The first kappa shape index (κ1) is 17.9. The molecule has 19 heavy (non-hydrogen) atoms. The topological polar surface area (TPSA) is 84.2 Å². The van der Waals surface area contributed by atoms with E-state index in [0.717, 1.165) is 12.8 Å². The molecule has 0 heterocycles. The summed E-state index contributed by atoms with van der Waals surface area (Å²) in [5.74, 6) is 0.200. The number of nitrogens with two attached hydrogens (primary N) is 1. The van der Waals surface area contributed by atoms with Crippen LogP contribution in [0.4, 0.5) is 0 Å². The minimum absolute atomic E-state index is 0.00982. The van der Waals surface area contributed by atoms with Gasteiger partial charge in [0, 0.05) is 6.04 Å². The van der Waals surface area contributed by atoms with Gasteiger partial charge in [0.25, 0.3) is 0 Å². The van der Waals surface area contributed by atoms with Crippen LogP contribution >= 0.6 is 0 Å². The lowest BCUT2D eigenvalue weighted by Crippen LogP contribution is -2.48. The highest BCUT2D eigenvalue weighted by Crippen LogP contribution is 2.09. The second-order valence-electron chi connectivity index (χ2n) is 5.71. The molecule has 0 aromatic heterocycles. The molecule has 0 aliphatic carbocycles. The van der Waals surface area contributed by atoms with E-state index in [1.807, 2.05) is 20.8 Å². The molecular weight excluding hydrogens is 242 g/mol. The molecule has 3 atom stereocenters. The maximum Gasteiger partial charge on any atom is 0.239 e. The Balaban J connectivity index is 3.96. The first-order valence-corrected chi connectivity index (χ1v) is 7.10. The van der Waals surface area contributed by atoms with Crippen molar-refractivity contribution in [2.75, 3.05) is 6.54 Å². The van der Waals surface area contributed by atoms with Gasteiger partial charge in [-0.25, -0.2) is 0 Å². The van der Waals surface area contributed by atoms with Crippen LogP contribution in [0.1, 0.15) is 47.5 Å². The van der Waals surface area contributed by atoms with Gasteiger partial charge in [0.05, 0.1) is 12.6 Å². The average Bonchev–Trinajstić information content (AvgIpc) is 2.34. The van der Waals surface area contributed by atoms with Gasteiger partial charge >= 0.3 is 0 Å².